The van der Waals surface area contributed by atoms with Crippen LogP contribution in [0.5, 0.6) is 0 Å². The van der Waals surface area contributed by atoms with Gasteiger partial charge in [-0.25, -0.2) is 0 Å². The van der Waals surface area contributed by atoms with Crippen LogP contribution in [0, 0.1) is 0 Å². The lowest BCUT2D eigenvalue weighted by molar-refractivity contribution is 0.165. The predicted molar refractivity (Wildman–Crippen MR) is 114 cm³/mol. The highest BCUT2D eigenvalue weighted by Gasteiger charge is 2.50. The molecule has 1 aliphatic heterocycles. The monoisotopic (exact) mass is 388 g/mol. The van der Waals surface area contributed by atoms with Crippen LogP contribution in [-0.4, -0.2) is 39.6 Å². The van der Waals surface area contributed by atoms with E-state index in [9.17, 15) is 5.11 Å². The van der Waals surface area contributed by atoms with Crippen molar-refractivity contribution in [3.8, 4) is 0 Å². The number of hydrogen-bond acceptors (Lipinski definition) is 4. The van der Waals surface area contributed by atoms with Gasteiger partial charge in [0, 0.05) is 25.6 Å². The van der Waals surface area contributed by atoms with Gasteiger partial charge in [-0.2, -0.15) is 0 Å². The topological polar surface area (TPSA) is 54.2 Å². The molecule has 0 bridgehead atoms. The summed E-state index contributed by atoms with van der Waals surface area (Å²) in [6, 6.07) is 21.1. The van der Waals surface area contributed by atoms with Crippen LogP contribution in [0.1, 0.15) is 42.6 Å². The summed E-state index contributed by atoms with van der Waals surface area (Å²) >= 11 is 0. The van der Waals surface area contributed by atoms with Crippen molar-refractivity contribution >= 4 is 5.95 Å². The number of aromatic nitrogens is 3. The smallest absolute Gasteiger partial charge is 0.226 e. The number of nitrogens with zero attached hydrogens (tertiary/aromatic N) is 4. The minimum Gasteiger partial charge on any atom is -0.395 e. The summed E-state index contributed by atoms with van der Waals surface area (Å²) in [6.45, 7) is 1.94. The Balaban J connectivity index is 1.38. The molecule has 5 heteroatoms. The number of hydrogen-bond donors (Lipinski definition) is 1. The number of aliphatic hydroxyl groups excluding tert-OH is 1. The molecule has 2 fully saturated rings. The second kappa shape index (κ2) is 6.99. The molecule has 1 N–H and O–H groups in total. The summed E-state index contributed by atoms with van der Waals surface area (Å²) in [6.07, 6.45) is 4.09. The third-order valence-electron chi connectivity index (χ3n) is 7.05. The van der Waals surface area contributed by atoms with E-state index in [0.717, 1.165) is 50.5 Å². The predicted octanol–water partition coefficient (Wildman–Crippen LogP) is 3.43. The average molecular weight is 389 g/mol. The van der Waals surface area contributed by atoms with Crippen LogP contribution in [0.15, 0.2) is 60.7 Å². The molecule has 1 aliphatic carbocycles. The molecule has 150 valence electrons. The first-order chi connectivity index (χ1) is 14.2. The van der Waals surface area contributed by atoms with E-state index in [1.807, 2.05) is 6.07 Å². The van der Waals surface area contributed by atoms with E-state index in [0.29, 0.717) is 0 Å². The van der Waals surface area contributed by atoms with E-state index < -0.39 is 0 Å². The fourth-order valence-electron chi connectivity index (χ4n) is 5.00. The zero-order chi connectivity index (χ0) is 19.9. The van der Waals surface area contributed by atoms with Crippen LogP contribution in [-0.2, 0) is 17.9 Å². The van der Waals surface area contributed by atoms with Gasteiger partial charge in [0.2, 0.25) is 5.95 Å². The van der Waals surface area contributed by atoms with E-state index in [1.165, 1.54) is 11.1 Å². The van der Waals surface area contributed by atoms with E-state index in [4.69, 9.17) is 0 Å². The van der Waals surface area contributed by atoms with Gasteiger partial charge in [0.1, 0.15) is 5.82 Å². The summed E-state index contributed by atoms with van der Waals surface area (Å²) < 4.78 is 2.19. The third-order valence-corrected chi connectivity index (χ3v) is 7.05. The van der Waals surface area contributed by atoms with Crippen molar-refractivity contribution in [2.75, 3.05) is 24.6 Å². The molecule has 5 nitrogen and oxygen atoms in total. The highest BCUT2D eigenvalue weighted by atomic mass is 16.3. The van der Waals surface area contributed by atoms with Crippen molar-refractivity contribution in [2.45, 2.75) is 36.5 Å². The summed E-state index contributed by atoms with van der Waals surface area (Å²) in [5.74, 6) is 2.02. The zero-order valence-corrected chi connectivity index (χ0v) is 17.0. The first kappa shape index (κ1) is 18.4. The maximum atomic E-state index is 10.2. The second-order valence-corrected chi connectivity index (χ2v) is 8.62. The fourth-order valence-corrected chi connectivity index (χ4v) is 5.00. The minimum atomic E-state index is -0.152. The Morgan fingerprint density at radius 1 is 0.828 bits per heavy atom. The Bertz CT molecular complexity index is 971. The molecule has 5 rings (SSSR count). The largest absolute Gasteiger partial charge is 0.395 e. The van der Waals surface area contributed by atoms with Crippen LogP contribution >= 0.6 is 0 Å². The average Bonchev–Trinajstić information content (AvgIpc) is 3.51. The molecule has 3 aromatic rings. The number of piperidine rings is 1. The van der Waals surface area contributed by atoms with Crippen molar-refractivity contribution in [3.05, 3.63) is 77.6 Å². The quantitative estimate of drug-likeness (QED) is 0.728. The van der Waals surface area contributed by atoms with Crippen LogP contribution < -0.4 is 4.90 Å². The van der Waals surface area contributed by atoms with Gasteiger partial charge in [0.25, 0.3) is 0 Å². The minimum absolute atomic E-state index is 0.0238. The number of benzene rings is 2. The lowest BCUT2D eigenvalue weighted by atomic mass is 9.73. The maximum Gasteiger partial charge on any atom is 0.226 e. The Kier molecular flexibility index (Phi) is 4.43. The molecular weight excluding hydrogens is 360 g/mol. The van der Waals surface area contributed by atoms with Crippen LogP contribution in [0.25, 0.3) is 0 Å². The molecule has 0 radical (unpaired) electrons. The van der Waals surface area contributed by atoms with Crippen LogP contribution in [0.4, 0.5) is 5.95 Å². The van der Waals surface area contributed by atoms with E-state index in [1.54, 1.807) is 0 Å². The highest BCUT2D eigenvalue weighted by Crippen LogP contribution is 2.53. The molecule has 1 saturated heterocycles. The van der Waals surface area contributed by atoms with Gasteiger partial charge >= 0.3 is 0 Å². The summed E-state index contributed by atoms with van der Waals surface area (Å²) in [5.41, 5.74) is 2.45. The molecule has 1 saturated carbocycles. The Hall–Kier alpha value is -2.66. The van der Waals surface area contributed by atoms with E-state index in [-0.39, 0.29) is 17.4 Å². The van der Waals surface area contributed by atoms with Crippen molar-refractivity contribution in [3.63, 3.8) is 0 Å². The lowest BCUT2D eigenvalue weighted by Gasteiger charge is -2.41. The molecule has 29 heavy (non-hydrogen) atoms. The molecule has 0 spiro atoms. The summed E-state index contributed by atoms with van der Waals surface area (Å²) in [7, 11) is 2.10. The van der Waals surface area contributed by atoms with Gasteiger partial charge in [-0.1, -0.05) is 60.7 Å². The van der Waals surface area contributed by atoms with Gasteiger partial charge in [-0.15, -0.1) is 10.2 Å². The Morgan fingerprint density at radius 2 is 1.41 bits per heavy atom. The first-order valence-corrected chi connectivity index (χ1v) is 10.6. The fraction of sp³-hybridized carbons (Fsp3) is 0.417. The van der Waals surface area contributed by atoms with Crippen molar-refractivity contribution in [1.82, 2.24) is 14.8 Å². The standard InChI is InChI=1S/C24H28N4O/c1-27-21(24(12-13-24)20-10-6-3-7-11-20)25-26-22(27)28-16-14-23(18-29,15-17-28)19-8-4-2-5-9-19/h2-11,29H,12-18H2,1H3. The molecule has 0 amide bonds. The van der Waals surface area contributed by atoms with E-state index in [2.05, 4.69) is 81.3 Å². The number of anilines is 1. The molecule has 1 aromatic heterocycles. The van der Waals surface area contributed by atoms with Crippen LogP contribution in [0.3, 0.4) is 0 Å². The van der Waals surface area contributed by atoms with Gasteiger partial charge in [-0.3, -0.25) is 4.57 Å². The van der Waals surface area contributed by atoms with Gasteiger partial charge in [0.05, 0.1) is 12.0 Å². The van der Waals surface area contributed by atoms with Gasteiger partial charge in [0.15, 0.2) is 0 Å². The third kappa shape index (κ3) is 2.96. The van der Waals surface area contributed by atoms with Gasteiger partial charge < -0.3 is 10.0 Å². The Labute approximate surface area is 172 Å². The van der Waals surface area contributed by atoms with Gasteiger partial charge in [-0.05, 0) is 36.8 Å². The van der Waals surface area contributed by atoms with Crippen LogP contribution in [0.2, 0.25) is 0 Å². The van der Waals surface area contributed by atoms with E-state index >= 15 is 0 Å². The van der Waals surface area contributed by atoms with Crippen molar-refractivity contribution in [1.29, 1.82) is 0 Å². The molecule has 2 heterocycles. The molecular formula is C24H28N4O. The van der Waals surface area contributed by atoms with Crippen molar-refractivity contribution in [2.24, 2.45) is 7.05 Å². The first-order valence-electron chi connectivity index (χ1n) is 10.6. The lowest BCUT2D eigenvalue weighted by Crippen LogP contribution is -2.45. The number of aliphatic hydroxyl groups is 1. The molecule has 2 aliphatic rings. The number of rotatable bonds is 5. The summed E-state index contributed by atoms with van der Waals surface area (Å²) in [4.78, 5) is 2.33. The summed E-state index contributed by atoms with van der Waals surface area (Å²) in [5, 5.41) is 19.4. The SMILES string of the molecule is Cn1c(N2CCC(CO)(c3ccccc3)CC2)nnc1C1(c2ccccc2)CC1. The highest BCUT2D eigenvalue weighted by molar-refractivity contribution is 5.43. The zero-order valence-electron chi connectivity index (χ0n) is 17.0. The van der Waals surface area contributed by atoms with Crippen molar-refractivity contribution < 1.29 is 5.11 Å². The normalized spacial score (nSPS) is 19.9. The molecule has 2 aromatic carbocycles. The maximum absolute atomic E-state index is 10.2. The molecule has 0 unspecified atom stereocenters. The second-order valence-electron chi connectivity index (χ2n) is 8.62. The molecule has 0 atom stereocenters. The Morgan fingerprint density at radius 3 is 1.97 bits per heavy atom.